The van der Waals surface area contributed by atoms with Gasteiger partial charge in [0.05, 0.1) is 6.54 Å². The average molecular weight is 462 g/mol. The molecule has 0 radical (unpaired) electrons. The van der Waals surface area contributed by atoms with Crippen LogP contribution in [0.2, 0.25) is 0 Å². The topological polar surface area (TPSA) is 85.6 Å². The Morgan fingerprint density at radius 2 is 2.24 bits per heavy atom. The first kappa shape index (κ1) is 21.4. The standard InChI is InChI=1S/C21H24BrN3O4/c1-15(29-19-4-2-3-13-28-19)20-23-11-12-25(20)18(14-24-21(26)27)10-7-16-5-8-17(22)9-6-16/h5-6,8-9,11-12,15,18-19,24H,2-4,13-14H2,1H3,(H,26,27). The summed E-state index contributed by atoms with van der Waals surface area (Å²) in [4.78, 5) is 15.5. The highest BCUT2D eigenvalue weighted by Crippen LogP contribution is 2.24. The SMILES string of the molecule is CC(OC1CCCCO1)c1nccn1C(C#Cc1ccc(Br)cc1)CNC(=O)O. The van der Waals surface area contributed by atoms with Crippen LogP contribution >= 0.6 is 15.9 Å². The zero-order chi connectivity index (χ0) is 20.6. The fourth-order valence-electron chi connectivity index (χ4n) is 3.11. The summed E-state index contributed by atoms with van der Waals surface area (Å²) >= 11 is 3.40. The first-order valence-electron chi connectivity index (χ1n) is 9.56. The van der Waals surface area contributed by atoms with Gasteiger partial charge in [0.15, 0.2) is 6.29 Å². The molecule has 7 nitrogen and oxygen atoms in total. The van der Waals surface area contributed by atoms with Crippen LogP contribution in [0.4, 0.5) is 4.79 Å². The molecule has 0 bridgehead atoms. The van der Waals surface area contributed by atoms with E-state index in [0.29, 0.717) is 12.4 Å². The molecule has 154 valence electrons. The van der Waals surface area contributed by atoms with E-state index >= 15 is 0 Å². The molecule has 29 heavy (non-hydrogen) atoms. The van der Waals surface area contributed by atoms with E-state index in [4.69, 9.17) is 14.6 Å². The maximum Gasteiger partial charge on any atom is 0.404 e. The van der Waals surface area contributed by atoms with Crippen molar-refractivity contribution in [2.75, 3.05) is 13.2 Å². The van der Waals surface area contributed by atoms with Gasteiger partial charge in [0.2, 0.25) is 0 Å². The third-order valence-electron chi connectivity index (χ3n) is 4.57. The Bertz CT molecular complexity index is 866. The number of rotatable bonds is 6. The number of amides is 1. The molecule has 3 rings (SSSR count). The van der Waals surface area contributed by atoms with Crippen molar-refractivity contribution in [2.45, 2.75) is 44.6 Å². The quantitative estimate of drug-likeness (QED) is 0.632. The van der Waals surface area contributed by atoms with E-state index in [-0.39, 0.29) is 18.9 Å². The number of ether oxygens (including phenoxy) is 2. The van der Waals surface area contributed by atoms with Crippen molar-refractivity contribution < 1.29 is 19.4 Å². The number of halogens is 1. The van der Waals surface area contributed by atoms with Crippen LogP contribution in [0.25, 0.3) is 0 Å². The van der Waals surface area contributed by atoms with Gasteiger partial charge in [0.25, 0.3) is 0 Å². The number of nitrogens with zero attached hydrogens (tertiary/aromatic N) is 2. The van der Waals surface area contributed by atoms with Crippen LogP contribution in [0.15, 0.2) is 41.1 Å². The first-order valence-corrected chi connectivity index (χ1v) is 10.4. The second-order valence-electron chi connectivity index (χ2n) is 6.75. The molecular weight excluding hydrogens is 438 g/mol. The maximum atomic E-state index is 11.0. The number of carboxylic acid groups (broad SMARTS) is 1. The van der Waals surface area contributed by atoms with E-state index in [0.717, 1.165) is 29.3 Å². The normalized spacial score (nSPS) is 18.3. The number of nitrogens with one attached hydrogen (secondary N) is 1. The number of hydrogen-bond donors (Lipinski definition) is 2. The number of hydrogen-bond acceptors (Lipinski definition) is 4. The summed E-state index contributed by atoms with van der Waals surface area (Å²) in [5.41, 5.74) is 0.843. The summed E-state index contributed by atoms with van der Waals surface area (Å²) < 4.78 is 14.5. The molecule has 1 aliphatic heterocycles. The van der Waals surface area contributed by atoms with Gasteiger partial charge in [-0.25, -0.2) is 9.78 Å². The fraction of sp³-hybridized carbons (Fsp3) is 0.429. The number of aromatic nitrogens is 2. The molecule has 0 spiro atoms. The van der Waals surface area contributed by atoms with E-state index in [1.54, 1.807) is 12.4 Å². The second kappa shape index (κ2) is 10.4. The highest BCUT2D eigenvalue weighted by Gasteiger charge is 2.23. The van der Waals surface area contributed by atoms with Crippen LogP contribution < -0.4 is 5.32 Å². The predicted molar refractivity (Wildman–Crippen MR) is 111 cm³/mol. The Hall–Kier alpha value is -2.34. The number of imidazole rings is 1. The Morgan fingerprint density at radius 1 is 1.45 bits per heavy atom. The summed E-state index contributed by atoms with van der Waals surface area (Å²) in [6.07, 6.45) is 4.81. The van der Waals surface area contributed by atoms with Gasteiger partial charge in [-0.1, -0.05) is 27.8 Å². The van der Waals surface area contributed by atoms with Crippen LogP contribution in [-0.2, 0) is 9.47 Å². The Labute approximate surface area is 178 Å². The summed E-state index contributed by atoms with van der Waals surface area (Å²) in [6.45, 7) is 2.76. The zero-order valence-electron chi connectivity index (χ0n) is 16.2. The zero-order valence-corrected chi connectivity index (χ0v) is 17.8. The molecule has 2 heterocycles. The Kier molecular flexibility index (Phi) is 7.69. The van der Waals surface area contributed by atoms with Gasteiger partial charge >= 0.3 is 6.09 Å². The van der Waals surface area contributed by atoms with Gasteiger partial charge in [0.1, 0.15) is 18.0 Å². The van der Waals surface area contributed by atoms with Crippen molar-refractivity contribution >= 4 is 22.0 Å². The van der Waals surface area contributed by atoms with Crippen LogP contribution in [-0.4, -0.2) is 40.2 Å². The lowest BCUT2D eigenvalue weighted by atomic mass is 10.2. The van der Waals surface area contributed by atoms with Crippen molar-refractivity contribution in [3.63, 3.8) is 0 Å². The first-order chi connectivity index (χ1) is 14.0. The highest BCUT2D eigenvalue weighted by atomic mass is 79.9. The molecule has 1 saturated heterocycles. The molecular formula is C21H24BrN3O4. The molecule has 1 aliphatic rings. The second-order valence-corrected chi connectivity index (χ2v) is 7.66. The lowest BCUT2D eigenvalue weighted by molar-refractivity contribution is -0.188. The van der Waals surface area contributed by atoms with Gasteiger partial charge in [-0.3, -0.25) is 0 Å². The summed E-state index contributed by atoms with van der Waals surface area (Å²) in [6, 6.07) is 7.21. The van der Waals surface area contributed by atoms with Gasteiger partial charge in [-0.15, -0.1) is 0 Å². The average Bonchev–Trinajstić information content (AvgIpc) is 3.20. The van der Waals surface area contributed by atoms with Crippen LogP contribution in [0.1, 0.15) is 49.7 Å². The predicted octanol–water partition coefficient (Wildman–Crippen LogP) is 4.11. The van der Waals surface area contributed by atoms with E-state index in [9.17, 15) is 4.79 Å². The van der Waals surface area contributed by atoms with E-state index < -0.39 is 12.1 Å². The molecule has 0 aliphatic carbocycles. The van der Waals surface area contributed by atoms with Gasteiger partial charge in [0, 0.05) is 29.0 Å². The molecule has 1 amide bonds. The summed E-state index contributed by atoms with van der Waals surface area (Å²) in [7, 11) is 0. The highest BCUT2D eigenvalue weighted by molar-refractivity contribution is 9.10. The van der Waals surface area contributed by atoms with E-state index in [2.05, 4.69) is 38.1 Å². The molecule has 3 atom stereocenters. The lowest BCUT2D eigenvalue weighted by Crippen LogP contribution is -2.30. The Balaban J connectivity index is 1.79. The third kappa shape index (κ3) is 6.32. The van der Waals surface area contributed by atoms with Crippen LogP contribution in [0.5, 0.6) is 0 Å². The van der Waals surface area contributed by atoms with E-state index in [1.807, 2.05) is 35.8 Å². The van der Waals surface area contributed by atoms with Crippen molar-refractivity contribution in [2.24, 2.45) is 0 Å². The van der Waals surface area contributed by atoms with E-state index in [1.165, 1.54) is 0 Å². The third-order valence-corrected chi connectivity index (χ3v) is 5.09. The minimum Gasteiger partial charge on any atom is -0.465 e. The monoisotopic (exact) mass is 461 g/mol. The van der Waals surface area contributed by atoms with Gasteiger partial charge in [-0.2, -0.15) is 0 Å². The molecule has 0 saturated carbocycles. The Morgan fingerprint density at radius 3 is 2.93 bits per heavy atom. The van der Waals surface area contributed by atoms with Crippen molar-refractivity contribution in [1.82, 2.24) is 14.9 Å². The molecule has 2 N–H and O–H groups in total. The van der Waals surface area contributed by atoms with Crippen LogP contribution in [0.3, 0.4) is 0 Å². The van der Waals surface area contributed by atoms with Gasteiger partial charge < -0.3 is 24.5 Å². The summed E-state index contributed by atoms with van der Waals surface area (Å²) in [5.74, 6) is 6.95. The largest absolute Gasteiger partial charge is 0.465 e. The molecule has 2 aromatic rings. The molecule has 8 heteroatoms. The molecule has 3 unspecified atom stereocenters. The lowest BCUT2D eigenvalue weighted by Gasteiger charge is -2.26. The smallest absolute Gasteiger partial charge is 0.404 e. The molecule has 1 fully saturated rings. The van der Waals surface area contributed by atoms with Crippen molar-refractivity contribution in [3.05, 3.63) is 52.5 Å². The number of benzene rings is 1. The van der Waals surface area contributed by atoms with Gasteiger partial charge in [-0.05, 0) is 50.5 Å². The maximum absolute atomic E-state index is 11.0. The van der Waals surface area contributed by atoms with Crippen LogP contribution in [0, 0.1) is 11.8 Å². The minimum atomic E-state index is -1.10. The van der Waals surface area contributed by atoms with Crippen molar-refractivity contribution in [1.29, 1.82) is 0 Å². The molecule has 1 aromatic carbocycles. The van der Waals surface area contributed by atoms with Crippen molar-refractivity contribution in [3.8, 4) is 11.8 Å². The number of carbonyl (C=O) groups is 1. The summed E-state index contributed by atoms with van der Waals surface area (Å²) in [5, 5.41) is 11.5. The fourth-order valence-corrected chi connectivity index (χ4v) is 3.38. The molecule has 1 aromatic heterocycles. The minimum absolute atomic E-state index is 0.134.